The van der Waals surface area contributed by atoms with Gasteiger partial charge in [-0.2, -0.15) is 0 Å². The second-order valence-corrected chi connectivity index (χ2v) is 5.00. The van der Waals surface area contributed by atoms with E-state index in [9.17, 15) is 0 Å². The Morgan fingerprint density at radius 1 is 1.53 bits per heavy atom. The van der Waals surface area contributed by atoms with Gasteiger partial charge in [0.25, 0.3) is 0 Å². The maximum Gasteiger partial charge on any atom is 0.0223 e. The second kappa shape index (κ2) is 6.46. The van der Waals surface area contributed by atoms with E-state index in [0.29, 0.717) is 6.04 Å². The third kappa shape index (κ3) is 4.09. The molecule has 0 saturated carbocycles. The summed E-state index contributed by atoms with van der Waals surface area (Å²) >= 11 is 0. The first-order valence-electron chi connectivity index (χ1n) is 6.25. The summed E-state index contributed by atoms with van der Waals surface area (Å²) in [6.45, 7) is 5.64. The molecule has 3 nitrogen and oxygen atoms in total. The van der Waals surface area contributed by atoms with Gasteiger partial charge >= 0.3 is 0 Å². The van der Waals surface area contributed by atoms with Crippen LogP contribution in [0.25, 0.3) is 0 Å². The van der Waals surface area contributed by atoms with E-state index in [2.05, 4.69) is 30.8 Å². The van der Waals surface area contributed by atoms with Crippen LogP contribution in [0.2, 0.25) is 0 Å². The summed E-state index contributed by atoms with van der Waals surface area (Å²) < 4.78 is 0. The van der Waals surface area contributed by atoms with E-state index in [1.54, 1.807) is 0 Å². The molecule has 1 aliphatic heterocycles. The molecule has 1 saturated heterocycles. The van der Waals surface area contributed by atoms with Crippen LogP contribution >= 0.6 is 0 Å². The Hall–Kier alpha value is -0.120. The molecule has 0 spiro atoms. The second-order valence-electron chi connectivity index (χ2n) is 5.00. The fourth-order valence-electron chi connectivity index (χ4n) is 2.45. The van der Waals surface area contributed by atoms with E-state index < -0.39 is 0 Å². The van der Waals surface area contributed by atoms with Crippen molar-refractivity contribution in [1.29, 1.82) is 0 Å². The molecule has 0 aromatic rings. The highest BCUT2D eigenvalue weighted by Crippen LogP contribution is 2.17. The normalized spacial score (nSPS) is 25.8. The molecule has 2 N–H and O–H groups in total. The number of nitrogens with zero attached hydrogens (tertiary/aromatic N) is 2. The van der Waals surface area contributed by atoms with Crippen molar-refractivity contribution >= 4 is 0 Å². The molecule has 90 valence electrons. The predicted octanol–water partition coefficient (Wildman–Crippen LogP) is 1.14. The molecule has 0 bridgehead atoms. The molecule has 0 aliphatic carbocycles. The Labute approximate surface area is 94.6 Å². The van der Waals surface area contributed by atoms with Crippen molar-refractivity contribution < 1.29 is 0 Å². The van der Waals surface area contributed by atoms with Crippen LogP contribution in [0.4, 0.5) is 0 Å². The quantitative estimate of drug-likeness (QED) is 0.743. The van der Waals surface area contributed by atoms with Gasteiger partial charge in [0.1, 0.15) is 0 Å². The molecule has 3 heteroatoms. The smallest absolute Gasteiger partial charge is 0.0223 e. The van der Waals surface area contributed by atoms with Crippen molar-refractivity contribution in [2.75, 3.05) is 33.7 Å². The zero-order valence-corrected chi connectivity index (χ0v) is 10.6. The van der Waals surface area contributed by atoms with Gasteiger partial charge in [-0.05, 0) is 59.8 Å². The number of rotatable bonds is 5. The Morgan fingerprint density at radius 3 is 2.87 bits per heavy atom. The highest BCUT2D eigenvalue weighted by molar-refractivity contribution is 4.80. The molecular formula is C12H27N3. The zero-order valence-electron chi connectivity index (χ0n) is 10.6. The van der Waals surface area contributed by atoms with Crippen molar-refractivity contribution in [2.24, 2.45) is 5.73 Å². The van der Waals surface area contributed by atoms with E-state index >= 15 is 0 Å². The van der Waals surface area contributed by atoms with Gasteiger partial charge in [0, 0.05) is 18.6 Å². The molecule has 1 heterocycles. The van der Waals surface area contributed by atoms with Crippen LogP contribution < -0.4 is 5.73 Å². The van der Waals surface area contributed by atoms with E-state index in [1.807, 2.05) is 0 Å². The summed E-state index contributed by atoms with van der Waals surface area (Å²) in [7, 11) is 4.50. The topological polar surface area (TPSA) is 32.5 Å². The summed E-state index contributed by atoms with van der Waals surface area (Å²) in [5.74, 6) is 0. The van der Waals surface area contributed by atoms with E-state index in [0.717, 1.165) is 19.0 Å². The summed E-state index contributed by atoms with van der Waals surface area (Å²) in [6, 6.07) is 1.42. The maximum absolute atomic E-state index is 5.55. The van der Waals surface area contributed by atoms with Gasteiger partial charge in [-0.25, -0.2) is 0 Å². The third-order valence-electron chi connectivity index (χ3n) is 3.70. The van der Waals surface area contributed by atoms with Crippen molar-refractivity contribution in [3.05, 3.63) is 0 Å². The van der Waals surface area contributed by atoms with Crippen molar-refractivity contribution in [1.82, 2.24) is 9.80 Å². The van der Waals surface area contributed by atoms with Gasteiger partial charge in [-0.15, -0.1) is 0 Å². The molecule has 0 amide bonds. The highest BCUT2D eigenvalue weighted by atomic mass is 15.2. The predicted molar refractivity (Wildman–Crippen MR) is 66.0 cm³/mol. The highest BCUT2D eigenvalue weighted by Gasteiger charge is 2.23. The Balaban J connectivity index is 2.33. The fourth-order valence-corrected chi connectivity index (χ4v) is 2.45. The minimum atomic E-state index is 0.671. The summed E-state index contributed by atoms with van der Waals surface area (Å²) in [5, 5.41) is 0. The molecule has 1 fully saturated rings. The number of nitrogens with two attached hydrogens (primary N) is 1. The van der Waals surface area contributed by atoms with Crippen LogP contribution in [0.5, 0.6) is 0 Å². The Bertz CT molecular complexity index is 172. The van der Waals surface area contributed by atoms with E-state index in [4.69, 9.17) is 5.73 Å². The zero-order chi connectivity index (χ0) is 11.3. The SMILES string of the molecule is CC(CCCN)N(C)C1CCCN(C)C1. The van der Waals surface area contributed by atoms with Gasteiger partial charge in [-0.3, -0.25) is 4.90 Å². The number of hydrogen-bond donors (Lipinski definition) is 1. The van der Waals surface area contributed by atoms with Crippen LogP contribution in [0.1, 0.15) is 32.6 Å². The molecule has 2 unspecified atom stereocenters. The molecule has 15 heavy (non-hydrogen) atoms. The standard InChI is InChI=1S/C12H27N3/c1-11(6-4-8-13)15(3)12-7-5-9-14(2)10-12/h11-12H,4-10,13H2,1-3H3. The van der Waals surface area contributed by atoms with Gasteiger partial charge in [0.2, 0.25) is 0 Å². The molecule has 2 atom stereocenters. The number of hydrogen-bond acceptors (Lipinski definition) is 3. The van der Waals surface area contributed by atoms with Crippen LogP contribution in [0.3, 0.4) is 0 Å². The van der Waals surface area contributed by atoms with E-state index in [1.165, 1.54) is 32.4 Å². The lowest BCUT2D eigenvalue weighted by molar-refractivity contribution is 0.101. The number of piperidine rings is 1. The average molecular weight is 213 g/mol. The summed E-state index contributed by atoms with van der Waals surface area (Å²) in [5.41, 5.74) is 5.55. The van der Waals surface area contributed by atoms with Crippen LogP contribution in [-0.4, -0.2) is 55.6 Å². The Kier molecular flexibility index (Phi) is 5.58. The molecule has 1 aliphatic rings. The molecule has 1 rings (SSSR count). The van der Waals surface area contributed by atoms with Crippen molar-refractivity contribution in [3.63, 3.8) is 0 Å². The van der Waals surface area contributed by atoms with Crippen LogP contribution in [0, 0.1) is 0 Å². The average Bonchev–Trinajstić information content (AvgIpc) is 2.24. The first-order valence-corrected chi connectivity index (χ1v) is 6.25. The minimum absolute atomic E-state index is 0.671. The lowest BCUT2D eigenvalue weighted by atomic mass is 10.0. The van der Waals surface area contributed by atoms with Crippen LogP contribution in [-0.2, 0) is 0 Å². The van der Waals surface area contributed by atoms with Crippen molar-refractivity contribution in [2.45, 2.75) is 44.7 Å². The lowest BCUT2D eigenvalue weighted by Crippen LogP contribution is -2.48. The third-order valence-corrected chi connectivity index (χ3v) is 3.70. The van der Waals surface area contributed by atoms with Gasteiger partial charge in [0.15, 0.2) is 0 Å². The van der Waals surface area contributed by atoms with Crippen LogP contribution in [0.15, 0.2) is 0 Å². The maximum atomic E-state index is 5.55. The minimum Gasteiger partial charge on any atom is -0.330 e. The monoisotopic (exact) mass is 213 g/mol. The van der Waals surface area contributed by atoms with E-state index in [-0.39, 0.29) is 0 Å². The summed E-state index contributed by atoms with van der Waals surface area (Å²) in [6.07, 6.45) is 5.07. The molecule has 0 radical (unpaired) electrons. The van der Waals surface area contributed by atoms with Gasteiger partial charge < -0.3 is 10.6 Å². The summed E-state index contributed by atoms with van der Waals surface area (Å²) in [4.78, 5) is 4.99. The number of likely N-dealkylation sites (tertiary alicyclic amines) is 1. The first-order chi connectivity index (χ1) is 7.15. The molecular weight excluding hydrogens is 186 g/mol. The van der Waals surface area contributed by atoms with Gasteiger partial charge in [-0.1, -0.05) is 0 Å². The molecule has 0 aromatic heterocycles. The molecule has 0 aromatic carbocycles. The number of likely N-dealkylation sites (N-methyl/N-ethyl adjacent to an activating group) is 2. The fraction of sp³-hybridized carbons (Fsp3) is 1.00. The first kappa shape index (κ1) is 12.9. The largest absolute Gasteiger partial charge is 0.330 e. The lowest BCUT2D eigenvalue weighted by Gasteiger charge is -2.39. The Morgan fingerprint density at radius 2 is 2.27 bits per heavy atom. The van der Waals surface area contributed by atoms with Gasteiger partial charge in [0.05, 0.1) is 0 Å². The van der Waals surface area contributed by atoms with Crippen molar-refractivity contribution in [3.8, 4) is 0 Å².